The lowest BCUT2D eigenvalue weighted by Gasteiger charge is -2.19. The fourth-order valence-electron chi connectivity index (χ4n) is 2.19. The van der Waals surface area contributed by atoms with Crippen LogP contribution in [-0.4, -0.2) is 16.8 Å². The van der Waals surface area contributed by atoms with Crippen molar-refractivity contribution in [3.63, 3.8) is 0 Å². The van der Waals surface area contributed by atoms with Crippen molar-refractivity contribution in [2.24, 2.45) is 5.73 Å². The first kappa shape index (κ1) is 10.4. The fourth-order valence-corrected chi connectivity index (χ4v) is 2.19. The van der Waals surface area contributed by atoms with Crippen molar-refractivity contribution in [3.05, 3.63) is 47.3 Å². The average Bonchev–Trinajstić information content (AvgIpc) is 2.91. The fraction of sp³-hybridized carbons (Fsp3) is 0.308. The average molecular weight is 229 g/mol. The number of aryl methyl sites for hydroxylation is 1. The molecule has 2 heterocycles. The number of hydrogen-bond donors (Lipinski definition) is 2. The molecule has 0 saturated carbocycles. The smallest absolute Gasteiger partial charge is 0.122 e. The third-order valence-corrected chi connectivity index (χ3v) is 3.15. The van der Waals surface area contributed by atoms with Gasteiger partial charge in [-0.3, -0.25) is 5.10 Å². The normalized spacial score (nSPS) is 16.1. The van der Waals surface area contributed by atoms with Crippen molar-refractivity contribution in [1.82, 2.24) is 10.2 Å². The molecule has 1 aliphatic rings. The molecule has 2 aromatic rings. The number of hydrogen-bond acceptors (Lipinski definition) is 3. The van der Waals surface area contributed by atoms with Crippen molar-refractivity contribution >= 4 is 0 Å². The van der Waals surface area contributed by atoms with Gasteiger partial charge in [-0.2, -0.15) is 5.10 Å². The van der Waals surface area contributed by atoms with Crippen LogP contribution in [0.25, 0.3) is 0 Å². The predicted octanol–water partition coefficient (Wildman–Crippen LogP) is 1.78. The van der Waals surface area contributed by atoms with Gasteiger partial charge in [-0.25, -0.2) is 0 Å². The summed E-state index contributed by atoms with van der Waals surface area (Å²) in [6.45, 7) is 0.818. The quantitative estimate of drug-likeness (QED) is 0.825. The maximum atomic E-state index is 6.18. The molecule has 0 radical (unpaired) electrons. The molecule has 4 nitrogen and oxygen atoms in total. The van der Waals surface area contributed by atoms with Gasteiger partial charge < -0.3 is 10.5 Å². The molecule has 1 aliphatic heterocycles. The van der Waals surface area contributed by atoms with Crippen LogP contribution in [0.2, 0.25) is 0 Å². The van der Waals surface area contributed by atoms with Gasteiger partial charge in [0.15, 0.2) is 0 Å². The summed E-state index contributed by atoms with van der Waals surface area (Å²) < 4.78 is 5.59. The lowest BCUT2D eigenvalue weighted by Crippen LogP contribution is -2.14. The largest absolute Gasteiger partial charge is 0.493 e. The SMILES string of the molecule is NC(c1ccc2c(c1)CCCO2)c1ccn[nH]1. The minimum absolute atomic E-state index is 0.148. The Kier molecular flexibility index (Phi) is 2.57. The van der Waals surface area contributed by atoms with Crippen molar-refractivity contribution in [2.45, 2.75) is 18.9 Å². The summed E-state index contributed by atoms with van der Waals surface area (Å²) in [5, 5.41) is 6.84. The van der Waals surface area contributed by atoms with Crippen LogP contribution in [-0.2, 0) is 6.42 Å². The Morgan fingerprint density at radius 1 is 1.35 bits per heavy atom. The molecule has 17 heavy (non-hydrogen) atoms. The number of nitrogens with zero attached hydrogens (tertiary/aromatic N) is 1. The molecule has 0 spiro atoms. The van der Waals surface area contributed by atoms with Gasteiger partial charge in [0, 0.05) is 6.20 Å². The first-order valence-corrected chi connectivity index (χ1v) is 5.85. The summed E-state index contributed by atoms with van der Waals surface area (Å²) in [7, 11) is 0. The molecule has 1 unspecified atom stereocenters. The van der Waals surface area contributed by atoms with Gasteiger partial charge in [-0.05, 0) is 36.1 Å². The molecular weight excluding hydrogens is 214 g/mol. The molecule has 0 fully saturated rings. The second-order valence-corrected chi connectivity index (χ2v) is 4.31. The van der Waals surface area contributed by atoms with Gasteiger partial charge in [-0.1, -0.05) is 12.1 Å². The minimum atomic E-state index is -0.148. The van der Waals surface area contributed by atoms with Gasteiger partial charge in [0.2, 0.25) is 0 Å². The van der Waals surface area contributed by atoms with E-state index in [4.69, 9.17) is 10.5 Å². The molecule has 1 aromatic carbocycles. The summed E-state index contributed by atoms with van der Waals surface area (Å²) in [6, 6.07) is 7.93. The molecule has 0 amide bonds. The summed E-state index contributed by atoms with van der Waals surface area (Å²) >= 11 is 0. The third-order valence-electron chi connectivity index (χ3n) is 3.15. The lowest BCUT2D eigenvalue weighted by molar-refractivity contribution is 0.288. The monoisotopic (exact) mass is 229 g/mol. The zero-order valence-corrected chi connectivity index (χ0v) is 9.52. The number of nitrogens with two attached hydrogens (primary N) is 1. The van der Waals surface area contributed by atoms with E-state index >= 15 is 0 Å². The second kappa shape index (κ2) is 4.22. The van der Waals surface area contributed by atoms with Gasteiger partial charge in [0.25, 0.3) is 0 Å². The number of nitrogens with one attached hydrogen (secondary N) is 1. The van der Waals surface area contributed by atoms with Crippen molar-refractivity contribution < 1.29 is 4.74 Å². The van der Waals surface area contributed by atoms with Crippen LogP contribution in [0.1, 0.15) is 29.3 Å². The molecule has 1 atom stereocenters. The zero-order chi connectivity index (χ0) is 11.7. The van der Waals surface area contributed by atoms with E-state index in [1.807, 2.05) is 18.2 Å². The highest BCUT2D eigenvalue weighted by molar-refractivity contribution is 5.41. The number of aromatic nitrogens is 2. The minimum Gasteiger partial charge on any atom is -0.493 e. The summed E-state index contributed by atoms with van der Waals surface area (Å²) in [5.41, 5.74) is 9.46. The van der Waals surface area contributed by atoms with Gasteiger partial charge in [0.1, 0.15) is 5.75 Å². The van der Waals surface area contributed by atoms with Crippen molar-refractivity contribution in [3.8, 4) is 5.75 Å². The van der Waals surface area contributed by atoms with Crippen LogP contribution >= 0.6 is 0 Å². The van der Waals surface area contributed by atoms with Gasteiger partial charge >= 0.3 is 0 Å². The van der Waals surface area contributed by atoms with Gasteiger partial charge in [-0.15, -0.1) is 0 Å². The van der Waals surface area contributed by atoms with E-state index in [-0.39, 0.29) is 6.04 Å². The van der Waals surface area contributed by atoms with E-state index in [1.54, 1.807) is 6.20 Å². The first-order valence-electron chi connectivity index (χ1n) is 5.85. The molecule has 3 N–H and O–H groups in total. The van der Waals surface area contributed by atoms with Crippen LogP contribution in [0.5, 0.6) is 5.75 Å². The van der Waals surface area contributed by atoms with Crippen molar-refractivity contribution in [2.75, 3.05) is 6.61 Å². The topological polar surface area (TPSA) is 63.9 Å². The van der Waals surface area contributed by atoms with Crippen molar-refractivity contribution in [1.29, 1.82) is 0 Å². The van der Waals surface area contributed by atoms with E-state index in [9.17, 15) is 0 Å². The van der Waals surface area contributed by atoms with Crippen LogP contribution < -0.4 is 10.5 Å². The van der Waals surface area contributed by atoms with Crippen LogP contribution in [0.4, 0.5) is 0 Å². The van der Waals surface area contributed by atoms with Crippen LogP contribution in [0.3, 0.4) is 0 Å². The molecule has 3 rings (SSSR count). The number of H-pyrrole nitrogens is 1. The molecule has 0 bridgehead atoms. The molecule has 88 valence electrons. The molecule has 4 heteroatoms. The number of ether oxygens (including phenoxy) is 1. The standard InChI is InChI=1S/C13H15N3O/c14-13(11-5-6-15-16-11)10-3-4-12-9(8-10)2-1-7-17-12/h3-6,8,13H,1-2,7,14H2,(H,15,16). The molecule has 0 aliphatic carbocycles. The molecular formula is C13H15N3O. The maximum Gasteiger partial charge on any atom is 0.122 e. The second-order valence-electron chi connectivity index (χ2n) is 4.31. The number of rotatable bonds is 2. The van der Waals surface area contributed by atoms with E-state index in [1.165, 1.54) is 5.56 Å². The Balaban J connectivity index is 1.93. The molecule has 1 aromatic heterocycles. The third kappa shape index (κ3) is 1.91. The lowest BCUT2D eigenvalue weighted by atomic mass is 9.98. The number of aromatic amines is 1. The number of benzene rings is 1. The Morgan fingerprint density at radius 3 is 3.12 bits per heavy atom. The number of fused-ring (bicyclic) bond motifs is 1. The summed E-state index contributed by atoms with van der Waals surface area (Å²) in [4.78, 5) is 0. The summed E-state index contributed by atoms with van der Waals surface area (Å²) in [6.07, 6.45) is 3.87. The Hall–Kier alpha value is -1.81. The Bertz CT molecular complexity index is 507. The van der Waals surface area contributed by atoms with E-state index < -0.39 is 0 Å². The zero-order valence-electron chi connectivity index (χ0n) is 9.52. The highest BCUT2D eigenvalue weighted by Crippen LogP contribution is 2.28. The van der Waals surface area contributed by atoms with Crippen LogP contribution in [0.15, 0.2) is 30.5 Å². The highest BCUT2D eigenvalue weighted by Gasteiger charge is 2.15. The van der Waals surface area contributed by atoms with Crippen LogP contribution in [0, 0.1) is 0 Å². The maximum absolute atomic E-state index is 6.18. The molecule has 0 saturated heterocycles. The Morgan fingerprint density at radius 2 is 2.29 bits per heavy atom. The summed E-state index contributed by atoms with van der Waals surface area (Å²) in [5.74, 6) is 0.997. The van der Waals surface area contributed by atoms with E-state index in [0.29, 0.717) is 0 Å². The van der Waals surface area contributed by atoms with E-state index in [0.717, 1.165) is 36.5 Å². The highest BCUT2D eigenvalue weighted by atomic mass is 16.5. The van der Waals surface area contributed by atoms with Gasteiger partial charge in [0.05, 0.1) is 18.3 Å². The predicted molar refractivity (Wildman–Crippen MR) is 64.9 cm³/mol. The van der Waals surface area contributed by atoms with E-state index in [2.05, 4.69) is 16.3 Å². The Labute approximate surface area is 99.8 Å². The first-order chi connectivity index (χ1) is 8.34.